The van der Waals surface area contributed by atoms with Crippen molar-refractivity contribution in [3.05, 3.63) is 58.3 Å². The second-order valence-electron chi connectivity index (χ2n) is 5.90. The van der Waals surface area contributed by atoms with Crippen LogP contribution in [0.4, 0.5) is 4.79 Å². The molecule has 1 fully saturated rings. The SMILES string of the molecule is CCCN1C(=O)S/C(=C/c2cccn2-c2ccc(C)c(C)c2)C1=O. The van der Waals surface area contributed by atoms with Crippen LogP contribution < -0.4 is 0 Å². The summed E-state index contributed by atoms with van der Waals surface area (Å²) in [5, 5.41) is -0.183. The number of imide groups is 1. The molecule has 0 bridgehead atoms. The van der Waals surface area contributed by atoms with Crippen LogP contribution in [0.5, 0.6) is 0 Å². The Labute approximate surface area is 146 Å². The first-order chi connectivity index (χ1) is 11.5. The molecule has 0 aliphatic carbocycles. The van der Waals surface area contributed by atoms with Crippen molar-refractivity contribution >= 4 is 29.0 Å². The van der Waals surface area contributed by atoms with Gasteiger partial charge in [-0.3, -0.25) is 14.5 Å². The number of nitrogens with zero attached hydrogens (tertiary/aromatic N) is 2. The van der Waals surface area contributed by atoms with Gasteiger partial charge in [-0.05, 0) is 73.5 Å². The van der Waals surface area contributed by atoms with Gasteiger partial charge in [0.05, 0.1) is 4.91 Å². The summed E-state index contributed by atoms with van der Waals surface area (Å²) in [4.78, 5) is 26.2. The summed E-state index contributed by atoms with van der Waals surface area (Å²) in [5.74, 6) is -0.195. The van der Waals surface area contributed by atoms with Crippen molar-refractivity contribution in [1.29, 1.82) is 0 Å². The minimum atomic E-state index is -0.195. The molecular formula is C19H20N2O2S. The van der Waals surface area contributed by atoms with E-state index in [9.17, 15) is 9.59 Å². The number of benzene rings is 1. The molecule has 1 aliphatic heterocycles. The minimum absolute atomic E-state index is 0.183. The number of carbonyl (C=O) groups is 2. The van der Waals surface area contributed by atoms with E-state index in [0.29, 0.717) is 11.4 Å². The molecule has 0 N–H and O–H groups in total. The zero-order valence-electron chi connectivity index (χ0n) is 14.1. The molecule has 24 heavy (non-hydrogen) atoms. The maximum Gasteiger partial charge on any atom is 0.293 e. The van der Waals surface area contributed by atoms with Gasteiger partial charge < -0.3 is 4.57 Å². The van der Waals surface area contributed by atoms with Crippen molar-refractivity contribution in [3.8, 4) is 5.69 Å². The molecule has 4 nitrogen and oxygen atoms in total. The Bertz CT molecular complexity index is 836. The molecule has 0 saturated carbocycles. The average molecular weight is 340 g/mol. The Morgan fingerprint density at radius 1 is 1.12 bits per heavy atom. The third-order valence-corrected chi connectivity index (χ3v) is 5.06. The summed E-state index contributed by atoms with van der Waals surface area (Å²) in [6, 6.07) is 10.2. The fraction of sp³-hybridized carbons (Fsp3) is 0.263. The van der Waals surface area contributed by atoms with E-state index in [1.54, 1.807) is 6.08 Å². The van der Waals surface area contributed by atoms with Gasteiger partial charge in [-0.15, -0.1) is 0 Å². The Morgan fingerprint density at radius 3 is 2.62 bits per heavy atom. The van der Waals surface area contributed by atoms with Crippen molar-refractivity contribution in [3.63, 3.8) is 0 Å². The largest absolute Gasteiger partial charge is 0.317 e. The van der Waals surface area contributed by atoms with Gasteiger partial charge in [0.2, 0.25) is 0 Å². The van der Waals surface area contributed by atoms with Crippen molar-refractivity contribution in [2.24, 2.45) is 0 Å². The summed E-state index contributed by atoms with van der Waals surface area (Å²) in [5.41, 5.74) is 4.39. The first kappa shape index (κ1) is 16.6. The highest BCUT2D eigenvalue weighted by Gasteiger charge is 2.34. The van der Waals surface area contributed by atoms with Gasteiger partial charge in [0.15, 0.2) is 0 Å². The highest BCUT2D eigenvalue weighted by Crippen LogP contribution is 2.32. The lowest BCUT2D eigenvalue weighted by Crippen LogP contribution is -2.28. The highest BCUT2D eigenvalue weighted by molar-refractivity contribution is 8.18. The van der Waals surface area contributed by atoms with Crippen LogP contribution in [0.15, 0.2) is 41.4 Å². The van der Waals surface area contributed by atoms with Gasteiger partial charge in [0.1, 0.15) is 0 Å². The molecule has 3 rings (SSSR count). The Hall–Kier alpha value is -2.27. The van der Waals surface area contributed by atoms with E-state index in [2.05, 4.69) is 32.0 Å². The summed E-state index contributed by atoms with van der Waals surface area (Å²) in [7, 11) is 0. The predicted octanol–water partition coefficient (Wildman–Crippen LogP) is 4.54. The van der Waals surface area contributed by atoms with E-state index in [1.165, 1.54) is 16.0 Å². The maximum atomic E-state index is 12.4. The third-order valence-electron chi connectivity index (χ3n) is 4.15. The molecular weight excluding hydrogens is 320 g/mol. The van der Waals surface area contributed by atoms with Gasteiger partial charge in [-0.25, -0.2) is 0 Å². The lowest BCUT2D eigenvalue weighted by atomic mass is 10.1. The van der Waals surface area contributed by atoms with Crippen LogP contribution in [-0.2, 0) is 4.79 Å². The molecule has 1 aromatic carbocycles. The van der Waals surface area contributed by atoms with E-state index < -0.39 is 0 Å². The summed E-state index contributed by atoms with van der Waals surface area (Å²) < 4.78 is 2.03. The predicted molar refractivity (Wildman–Crippen MR) is 98.2 cm³/mol. The number of rotatable bonds is 4. The number of amides is 2. The van der Waals surface area contributed by atoms with E-state index in [0.717, 1.165) is 29.6 Å². The van der Waals surface area contributed by atoms with E-state index in [-0.39, 0.29) is 11.1 Å². The van der Waals surface area contributed by atoms with Crippen molar-refractivity contribution in [1.82, 2.24) is 9.47 Å². The van der Waals surface area contributed by atoms with E-state index in [4.69, 9.17) is 0 Å². The van der Waals surface area contributed by atoms with Crippen molar-refractivity contribution in [2.45, 2.75) is 27.2 Å². The molecule has 2 heterocycles. The molecule has 0 spiro atoms. The number of carbonyl (C=O) groups excluding carboxylic acids is 2. The van der Waals surface area contributed by atoms with Gasteiger partial charge in [0.25, 0.3) is 11.1 Å². The van der Waals surface area contributed by atoms with Crippen molar-refractivity contribution < 1.29 is 9.59 Å². The van der Waals surface area contributed by atoms with Gasteiger partial charge in [0, 0.05) is 24.1 Å². The lowest BCUT2D eigenvalue weighted by molar-refractivity contribution is -0.122. The number of hydrogen-bond donors (Lipinski definition) is 0. The number of thioether (sulfide) groups is 1. The molecule has 2 amide bonds. The van der Waals surface area contributed by atoms with Crippen LogP contribution in [0.2, 0.25) is 0 Å². The van der Waals surface area contributed by atoms with Crippen molar-refractivity contribution in [2.75, 3.05) is 6.54 Å². The summed E-state index contributed by atoms with van der Waals surface area (Å²) in [6.45, 7) is 6.59. The van der Waals surface area contributed by atoms with Gasteiger partial charge in [-0.2, -0.15) is 0 Å². The first-order valence-corrected chi connectivity index (χ1v) is 8.83. The molecule has 2 aromatic rings. The number of aryl methyl sites for hydroxylation is 2. The monoisotopic (exact) mass is 340 g/mol. The first-order valence-electron chi connectivity index (χ1n) is 8.01. The molecule has 1 aromatic heterocycles. The topological polar surface area (TPSA) is 42.3 Å². The van der Waals surface area contributed by atoms with Crippen LogP contribution in [0.25, 0.3) is 11.8 Å². The quantitative estimate of drug-likeness (QED) is 0.767. The number of hydrogen-bond acceptors (Lipinski definition) is 3. The molecule has 1 saturated heterocycles. The fourth-order valence-corrected chi connectivity index (χ4v) is 3.52. The summed E-state index contributed by atoms with van der Waals surface area (Å²) in [6.07, 6.45) is 4.53. The molecule has 124 valence electrons. The molecule has 1 aliphatic rings. The Kier molecular flexibility index (Phi) is 4.62. The van der Waals surface area contributed by atoms with Crippen LogP contribution in [0.1, 0.15) is 30.2 Å². The Morgan fingerprint density at radius 2 is 1.92 bits per heavy atom. The normalized spacial score (nSPS) is 16.5. The van der Waals surface area contributed by atoms with Crippen LogP contribution >= 0.6 is 11.8 Å². The molecule has 0 atom stereocenters. The fourth-order valence-electron chi connectivity index (χ4n) is 2.67. The second kappa shape index (κ2) is 6.69. The zero-order valence-corrected chi connectivity index (χ0v) is 14.9. The number of aromatic nitrogens is 1. The maximum absolute atomic E-state index is 12.4. The summed E-state index contributed by atoms with van der Waals surface area (Å²) >= 11 is 1.01. The van der Waals surface area contributed by atoms with Crippen LogP contribution in [0.3, 0.4) is 0 Å². The third kappa shape index (κ3) is 3.04. The smallest absolute Gasteiger partial charge is 0.293 e. The molecule has 0 radical (unpaired) electrons. The van der Waals surface area contributed by atoms with Gasteiger partial charge >= 0.3 is 0 Å². The average Bonchev–Trinajstić information content (AvgIpc) is 3.11. The molecule has 0 unspecified atom stereocenters. The van der Waals surface area contributed by atoms with Gasteiger partial charge in [-0.1, -0.05) is 13.0 Å². The standard InChI is InChI=1S/C19H20N2O2S/c1-4-9-21-18(22)17(24-19(21)23)12-15-6-5-10-20(15)16-8-7-13(2)14(3)11-16/h5-8,10-12H,4,9H2,1-3H3/b17-12+. The van der Waals surface area contributed by atoms with E-state index in [1.807, 2.05) is 29.8 Å². The lowest BCUT2D eigenvalue weighted by Gasteiger charge is -2.10. The van der Waals surface area contributed by atoms with Crippen LogP contribution in [0, 0.1) is 13.8 Å². The second-order valence-corrected chi connectivity index (χ2v) is 6.90. The zero-order chi connectivity index (χ0) is 17.3. The molecule has 5 heteroatoms. The van der Waals surface area contributed by atoms with E-state index >= 15 is 0 Å². The minimum Gasteiger partial charge on any atom is -0.317 e. The van der Waals surface area contributed by atoms with Crippen LogP contribution in [-0.4, -0.2) is 27.2 Å². The Balaban J connectivity index is 1.95. The highest BCUT2D eigenvalue weighted by atomic mass is 32.2.